The maximum atomic E-state index is 11.2. The van der Waals surface area contributed by atoms with E-state index in [1.165, 1.54) is 17.3 Å². The summed E-state index contributed by atoms with van der Waals surface area (Å²) < 4.78 is 6.23. The fourth-order valence-electron chi connectivity index (χ4n) is 4.73. The van der Waals surface area contributed by atoms with E-state index in [-0.39, 0.29) is 16.9 Å². The lowest BCUT2D eigenvalue weighted by Gasteiger charge is -2.27. The minimum Gasteiger partial charge on any atom is -0.489 e. The molecule has 208 valence electrons. The van der Waals surface area contributed by atoms with E-state index in [0.29, 0.717) is 34.7 Å². The molecule has 0 amide bonds. The highest BCUT2D eigenvalue weighted by atomic mass is 35.5. The smallest absolute Gasteiger partial charge is 0.229 e. The molecular formula is C30H38ClN5O2S. The van der Waals surface area contributed by atoms with Gasteiger partial charge >= 0.3 is 0 Å². The molecule has 3 N–H and O–H groups in total. The van der Waals surface area contributed by atoms with Crippen molar-refractivity contribution in [2.75, 3.05) is 10.4 Å². The molecule has 0 spiro atoms. The highest BCUT2D eigenvalue weighted by Gasteiger charge is 2.22. The summed E-state index contributed by atoms with van der Waals surface area (Å²) in [4.78, 5) is 9.90. The van der Waals surface area contributed by atoms with Crippen LogP contribution in [-0.2, 0) is 0 Å². The van der Waals surface area contributed by atoms with Gasteiger partial charge in [0.2, 0.25) is 5.95 Å². The van der Waals surface area contributed by atoms with E-state index in [1.54, 1.807) is 11.8 Å². The summed E-state index contributed by atoms with van der Waals surface area (Å²) in [6, 6.07) is 12.5. The van der Waals surface area contributed by atoms with Gasteiger partial charge in [0.15, 0.2) is 5.82 Å². The molecule has 2 unspecified atom stereocenters. The van der Waals surface area contributed by atoms with Crippen LogP contribution in [0.2, 0.25) is 5.02 Å². The van der Waals surface area contributed by atoms with E-state index in [1.807, 2.05) is 38.1 Å². The number of nitrogens with zero attached hydrogens (tertiary/aromatic N) is 3. The Balaban J connectivity index is 1.69. The lowest BCUT2D eigenvalue weighted by atomic mass is 9.90. The summed E-state index contributed by atoms with van der Waals surface area (Å²) in [5.41, 5.74) is 4.96. The molecule has 0 aliphatic carbocycles. The van der Waals surface area contributed by atoms with Gasteiger partial charge in [-0.05, 0) is 82.0 Å². The number of aromatic nitrogens is 2. The molecule has 1 aromatic heterocycles. The molecule has 2 aromatic carbocycles. The van der Waals surface area contributed by atoms with Crippen molar-refractivity contribution in [1.29, 1.82) is 0 Å². The van der Waals surface area contributed by atoms with Crippen molar-refractivity contribution >= 4 is 52.1 Å². The number of hydrogen-bond donors (Lipinski definition) is 3. The van der Waals surface area contributed by atoms with Gasteiger partial charge in [-0.3, -0.25) is 5.21 Å². The first-order valence-corrected chi connectivity index (χ1v) is 14.6. The van der Waals surface area contributed by atoms with Gasteiger partial charge in [-0.15, -0.1) is 11.8 Å². The second-order valence-corrected chi connectivity index (χ2v) is 12.5. The minimum atomic E-state index is -0.0226. The van der Waals surface area contributed by atoms with E-state index < -0.39 is 0 Å². The third-order valence-corrected chi connectivity index (χ3v) is 7.53. The molecule has 39 heavy (non-hydrogen) atoms. The largest absolute Gasteiger partial charge is 0.489 e. The molecule has 0 saturated carbocycles. The molecule has 1 aliphatic heterocycles. The zero-order valence-electron chi connectivity index (χ0n) is 23.6. The van der Waals surface area contributed by atoms with E-state index in [9.17, 15) is 5.21 Å². The van der Waals surface area contributed by atoms with Crippen molar-refractivity contribution in [3.05, 3.63) is 64.8 Å². The van der Waals surface area contributed by atoms with Crippen LogP contribution in [0.3, 0.4) is 0 Å². The Hall–Kier alpha value is -2.78. The fourth-order valence-corrected chi connectivity index (χ4v) is 5.84. The summed E-state index contributed by atoms with van der Waals surface area (Å²) in [6.07, 6.45) is 4.70. The molecule has 0 fully saturated rings. The monoisotopic (exact) mass is 567 g/mol. The minimum absolute atomic E-state index is 0.0226. The highest BCUT2D eigenvalue weighted by molar-refractivity contribution is 8.00. The predicted octanol–water partition coefficient (Wildman–Crippen LogP) is 8.15. The highest BCUT2D eigenvalue weighted by Crippen LogP contribution is 2.39. The van der Waals surface area contributed by atoms with Gasteiger partial charge in [-0.25, -0.2) is 10.0 Å². The number of halogens is 1. The lowest BCUT2D eigenvalue weighted by Crippen LogP contribution is -2.36. The van der Waals surface area contributed by atoms with Crippen LogP contribution in [0.4, 0.5) is 23.1 Å². The molecule has 3 aromatic rings. The number of rotatable bonds is 9. The Kier molecular flexibility index (Phi) is 9.43. The van der Waals surface area contributed by atoms with Crippen LogP contribution in [-0.4, -0.2) is 38.6 Å². The zero-order chi connectivity index (χ0) is 28.3. The van der Waals surface area contributed by atoms with Crippen molar-refractivity contribution in [1.82, 2.24) is 15.3 Å². The van der Waals surface area contributed by atoms with E-state index >= 15 is 0 Å². The van der Waals surface area contributed by atoms with Crippen LogP contribution in [0.1, 0.15) is 59.1 Å². The third kappa shape index (κ3) is 7.25. The molecule has 0 bridgehead atoms. The topological polar surface area (TPSA) is 82.5 Å². The average molecular weight is 568 g/mol. The number of nitrogens with one attached hydrogen (secondary N) is 2. The fraction of sp³-hybridized carbons (Fsp3) is 0.400. The van der Waals surface area contributed by atoms with Gasteiger partial charge in [0.25, 0.3) is 0 Å². The molecule has 4 rings (SSSR count). The van der Waals surface area contributed by atoms with Crippen LogP contribution in [0.15, 0.2) is 53.6 Å². The van der Waals surface area contributed by atoms with Crippen LogP contribution in [0, 0.1) is 6.92 Å². The second-order valence-electron chi connectivity index (χ2n) is 10.5. The number of para-hydroxylation sites is 1. The normalized spacial score (nSPS) is 17.4. The molecule has 2 atom stereocenters. The summed E-state index contributed by atoms with van der Waals surface area (Å²) in [7, 11) is 0. The summed E-state index contributed by atoms with van der Waals surface area (Å²) >= 11 is 8.11. The second kappa shape index (κ2) is 12.6. The van der Waals surface area contributed by atoms with Gasteiger partial charge in [-0.2, -0.15) is 4.98 Å². The van der Waals surface area contributed by atoms with Gasteiger partial charge in [0.05, 0.1) is 23.7 Å². The number of hydrogen-bond acceptors (Lipinski definition) is 8. The van der Waals surface area contributed by atoms with Crippen molar-refractivity contribution in [2.45, 2.75) is 83.2 Å². The predicted molar refractivity (Wildman–Crippen MR) is 163 cm³/mol. The van der Waals surface area contributed by atoms with Crippen molar-refractivity contribution in [3.63, 3.8) is 0 Å². The Morgan fingerprint density at radius 3 is 2.62 bits per heavy atom. The van der Waals surface area contributed by atoms with E-state index in [0.717, 1.165) is 27.6 Å². The van der Waals surface area contributed by atoms with Crippen LogP contribution < -0.4 is 20.4 Å². The Bertz CT molecular complexity index is 1350. The first kappa shape index (κ1) is 29.2. The quantitative estimate of drug-likeness (QED) is 0.176. The molecule has 0 saturated heterocycles. The maximum Gasteiger partial charge on any atom is 0.229 e. The van der Waals surface area contributed by atoms with Crippen molar-refractivity contribution < 1.29 is 9.94 Å². The zero-order valence-corrected chi connectivity index (χ0v) is 25.2. The first-order chi connectivity index (χ1) is 18.5. The number of ether oxygens (including phenoxy) is 1. The first-order valence-electron chi connectivity index (χ1n) is 13.3. The van der Waals surface area contributed by atoms with E-state index in [2.05, 4.69) is 73.4 Å². The average Bonchev–Trinajstić information content (AvgIpc) is 2.85. The summed E-state index contributed by atoms with van der Waals surface area (Å²) in [5, 5.41) is 19.6. The van der Waals surface area contributed by atoms with Gasteiger partial charge in [0, 0.05) is 22.2 Å². The summed E-state index contributed by atoms with van der Waals surface area (Å²) in [6.45, 7) is 14.7. The Labute approximate surface area is 241 Å². The van der Waals surface area contributed by atoms with E-state index in [4.69, 9.17) is 16.3 Å². The van der Waals surface area contributed by atoms with Crippen LogP contribution in [0.5, 0.6) is 5.75 Å². The van der Waals surface area contributed by atoms with Gasteiger partial charge in [0.1, 0.15) is 10.8 Å². The Morgan fingerprint density at radius 2 is 1.92 bits per heavy atom. The number of aryl methyl sites for hydroxylation is 1. The molecule has 0 radical (unpaired) electrons. The third-order valence-electron chi connectivity index (χ3n) is 6.19. The van der Waals surface area contributed by atoms with Crippen molar-refractivity contribution in [3.8, 4) is 5.75 Å². The lowest BCUT2D eigenvalue weighted by molar-refractivity contribution is 0.243. The number of anilines is 4. The number of benzene rings is 2. The SMILES string of the molecule is Cc1cc(Nc2ncc(Cl)c(N(O)c3ccccc3SC(C)C)n2)c(OC(C)C)cc1C1=CC(C)NC(C)C1. The Morgan fingerprint density at radius 1 is 1.18 bits per heavy atom. The molecule has 2 heterocycles. The van der Waals surface area contributed by atoms with Crippen LogP contribution in [0.25, 0.3) is 5.57 Å². The summed E-state index contributed by atoms with van der Waals surface area (Å²) in [5.74, 6) is 1.20. The molecule has 9 heteroatoms. The molecule has 7 nitrogen and oxygen atoms in total. The standard InChI is InChI=1S/C30H38ClN5O2S/c1-17(2)38-27-15-23(22-13-20(6)33-21(7)14-22)19(5)12-25(27)34-30-32-16-24(31)29(35-30)36(37)26-10-8-9-11-28(26)39-18(3)4/h8-13,15-18,20-21,33,37H,14H2,1-7H3,(H,32,34,35). The van der Waals surface area contributed by atoms with Crippen molar-refractivity contribution in [2.24, 2.45) is 0 Å². The van der Waals surface area contributed by atoms with Crippen LogP contribution >= 0.6 is 23.4 Å². The molecular weight excluding hydrogens is 530 g/mol. The van der Waals surface area contributed by atoms with Gasteiger partial charge < -0.3 is 15.4 Å². The van der Waals surface area contributed by atoms with Gasteiger partial charge in [-0.1, -0.05) is 43.7 Å². The number of thioether (sulfide) groups is 1. The molecule has 1 aliphatic rings. The maximum absolute atomic E-state index is 11.2.